The molecule has 0 N–H and O–H groups in total. The molecule has 1 saturated heterocycles. The molecule has 3 rings (SSSR count). The van der Waals surface area contributed by atoms with Crippen LogP contribution in [0.4, 0.5) is 10.1 Å². The van der Waals surface area contributed by atoms with Gasteiger partial charge in [-0.05, 0) is 30.7 Å². The first-order chi connectivity index (χ1) is 12.8. The van der Waals surface area contributed by atoms with Crippen LogP contribution in [0.25, 0.3) is 0 Å². The SMILES string of the molecule is CN(C)c1cccc(C(=O)N2CC[C@@H](c3ccccc3F)S(=O)(=O)CC2)c1. The van der Waals surface area contributed by atoms with Crippen LogP contribution in [0.5, 0.6) is 0 Å². The fourth-order valence-electron chi connectivity index (χ4n) is 3.33. The highest BCUT2D eigenvalue weighted by atomic mass is 32.2. The van der Waals surface area contributed by atoms with Gasteiger partial charge in [0.2, 0.25) is 0 Å². The third-order valence-electron chi connectivity index (χ3n) is 4.89. The Bertz CT molecular complexity index is 944. The molecule has 1 fully saturated rings. The smallest absolute Gasteiger partial charge is 0.253 e. The van der Waals surface area contributed by atoms with Crippen LogP contribution in [-0.2, 0) is 9.84 Å². The van der Waals surface area contributed by atoms with E-state index in [9.17, 15) is 17.6 Å². The minimum atomic E-state index is -3.55. The summed E-state index contributed by atoms with van der Waals surface area (Å²) in [5.41, 5.74) is 1.59. The summed E-state index contributed by atoms with van der Waals surface area (Å²) in [7, 11) is 0.232. The lowest BCUT2D eigenvalue weighted by atomic mass is 10.1. The number of hydrogen-bond acceptors (Lipinski definition) is 4. The number of carbonyl (C=O) groups is 1. The number of carbonyl (C=O) groups excluding carboxylic acids is 1. The zero-order valence-corrected chi connectivity index (χ0v) is 16.2. The fourth-order valence-corrected chi connectivity index (χ4v) is 5.13. The van der Waals surface area contributed by atoms with Crippen LogP contribution >= 0.6 is 0 Å². The number of anilines is 1. The Morgan fingerprint density at radius 1 is 1.11 bits per heavy atom. The van der Waals surface area contributed by atoms with Gasteiger partial charge in [-0.25, -0.2) is 12.8 Å². The van der Waals surface area contributed by atoms with E-state index >= 15 is 0 Å². The zero-order valence-electron chi connectivity index (χ0n) is 15.4. The molecule has 0 unspecified atom stereocenters. The summed E-state index contributed by atoms with van der Waals surface area (Å²) in [5, 5.41) is -0.926. The Morgan fingerprint density at radius 3 is 2.56 bits per heavy atom. The molecule has 0 saturated carbocycles. The maximum atomic E-state index is 14.1. The third-order valence-corrected chi connectivity index (χ3v) is 7.00. The molecule has 2 aromatic carbocycles. The van der Waals surface area contributed by atoms with Gasteiger partial charge in [-0.2, -0.15) is 0 Å². The van der Waals surface area contributed by atoms with Crippen molar-refractivity contribution in [3.05, 3.63) is 65.5 Å². The predicted molar refractivity (Wildman–Crippen MR) is 104 cm³/mol. The van der Waals surface area contributed by atoms with Gasteiger partial charge in [0.05, 0.1) is 11.0 Å². The van der Waals surface area contributed by atoms with E-state index in [1.807, 2.05) is 25.1 Å². The van der Waals surface area contributed by atoms with E-state index in [1.54, 1.807) is 29.2 Å². The lowest BCUT2D eigenvalue weighted by Crippen LogP contribution is -2.33. The average Bonchev–Trinajstić information content (AvgIpc) is 2.80. The number of amides is 1. The molecule has 5 nitrogen and oxygen atoms in total. The molecule has 144 valence electrons. The van der Waals surface area contributed by atoms with Crippen molar-refractivity contribution in [2.75, 3.05) is 37.8 Å². The Balaban J connectivity index is 1.84. The number of nitrogens with zero attached hydrogens (tertiary/aromatic N) is 2. The monoisotopic (exact) mass is 390 g/mol. The first kappa shape index (κ1) is 19.4. The molecule has 1 aliphatic rings. The summed E-state index contributed by atoms with van der Waals surface area (Å²) >= 11 is 0. The highest BCUT2D eigenvalue weighted by Crippen LogP contribution is 2.31. The molecule has 0 spiro atoms. The summed E-state index contributed by atoms with van der Waals surface area (Å²) in [6, 6.07) is 13.2. The van der Waals surface area contributed by atoms with E-state index in [0.29, 0.717) is 5.56 Å². The van der Waals surface area contributed by atoms with Gasteiger partial charge >= 0.3 is 0 Å². The predicted octanol–water partition coefficient (Wildman–Crippen LogP) is 2.89. The average molecular weight is 390 g/mol. The number of hydrogen-bond donors (Lipinski definition) is 0. The van der Waals surface area contributed by atoms with Crippen molar-refractivity contribution in [1.82, 2.24) is 4.90 Å². The Hall–Kier alpha value is -2.41. The second kappa shape index (κ2) is 7.68. The van der Waals surface area contributed by atoms with Gasteiger partial charge in [0.1, 0.15) is 5.82 Å². The number of rotatable bonds is 3. The van der Waals surface area contributed by atoms with E-state index in [4.69, 9.17) is 0 Å². The van der Waals surface area contributed by atoms with Crippen LogP contribution in [-0.4, -0.2) is 52.2 Å². The summed E-state index contributed by atoms with van der Waals surface area (Å²) in [6.45, 7) is 0.377. The normalized spacial score (nSPS) is 19.4. The standard InChI is InChI=1S/C20H23FN2O3S/c1-22(2)16-7-5-6-15(14-16)20(24)23-11-10-19(27(25,26)13-12-23)17-8-3-4-9-18(17)21/h3-9,14,19H,10-13H2,1-2H3/t19-/m0/s1. The summed E-state index contributed by atoms with van der Waals surface area (Å²) in [5.74, 6) is -0.905. The van der Waals surface area contributed by atoms with E-state index in [0.717, 1.165) is 5.69 Å². The lowest BCUT2D eigenvalue weighted by molar-refractivity contribution is 0.0766. The fraction of sp³-hybridized carbons (Fsp3) is 0.350. The maximum Gasteiger partial charge on any atom is 0.253 e. The molecule has 2 aromatic rings. The maximum absolute atomic E-state index is 14.1. The summed E-state index contributed by atoms with van der Waals surface area (Å²) in [6.07, 6.45) is 0.183. The Morgan fingerprint density at radius 2 is 1.85 bits per heavy atom. The van der Waals surface area contributed by atoms with Crippen molar-refractivity contribution in [3.8, 4) is 0 Å². The molecule has 1 aliphatic heterocycles. The second-order valence-electron chi connectivity index (χ2n) is 6.90. The molecule has 0 radical (unpaired) electrons. The van der Waals surface area contributed by atoms with Gasteiger partial charge in [-0.1, -0.05) is 24.3 Å². The van der Waals surface area contributed by atoms with Gasteiger partial charge in [0, 0.05) is 44.0 Å². The van der Waals surface area contributed by atoms with Crippen molar-refractivity contribution in [2.45, 2.75) is 11.7 Å². The molecule has 1 amide bonds. The van der Waals surface area contributed by atoms with Crippen LogP contribution in [0.15, 0.2) is 48.5 Å². The van der Waals surface area contributed by atoms with Crippen LogP contribution < -0.4 is 4.90 Å². The number of benzene rings is 2. The van der Waals surface area contributed by atoms with Crippen LogP contribution in [0, 0.1) is 5.82 Å². The molecule has 0 aromatic heterocycles. The molecule has 0 bridgehead atoms. The van der Waals surface area contributed by atoms with E-state index in [1.165, 1.54) is 18.2 Å². The Kier molecular flexibility index (Phi) is 5.51. The first-order valence-corrected chi connectivity index (χ1v) is 10.5. The quantitative estimate of drug-likeness (QED) is 0.809. The molecular formula is C20H23FN2O3S. The second-order valence-corrected chi connectivity index (χ2v) is 9.21. The minimum absolute atomic E-state index is 0.109. The molecule has 1 atom stereocenters. The molecule has 27 heavy (non-hydrogen) atoms. The van der Waals surface area contributed by atoms with Crippen molar-refractivity contribution < 1.29 is 17.6 Å². The lowest BCUT2D eigenvalue weighted by Gasteiger charge is -2.21. The largest absolute Gasteiger partial charge is 0.378 e. The van der Waals surface area contributed by atoms with Crippen molar-refractivity contribution in [3.63, 3.8) is 0 Å². The first-order valence-electron chi connectivity index (χ1n) is 8.82. The Labute approximate surface area is 159 Å². The van der Waals surface area contributed by atoms with E-state index in [2.05, 4.69) is 0 Å². The van der Waals surface area contributed by atoms with E-state index in [-0.39, 0.29) is 36.7 Å². The van der Waals surface area contributed by atoms with Gasteiger partial charge in [-0.3, -0.25) is 4.79 Å². The summed E-state index contributed by atoms with van der Waals surface area (Å²) < 4.78 is 39.5. The molecule has 0 aliphatic carbocycles. The topological polar surface area (TPSA) is 57.7 Å². The molecule has 1 heterocycles. The van der Waals surface area contributed by atoms with Crippen LogP contribution in [0.1, 0.15) is 27.6 Å². The van der Waals surface area contributed by atoms with Gasteiger partial charge in [0.15, 0.2) is 9.84 Å². The molecular weight excluding hydrogens is 367 g/mol. The van der Waals surface area contributed by atoms with E-state index < -0.39 is 20.9 Å². The van der Waals surface area contributed by atoms with Crippen molar-refractivity contribution >= 4 is 21.4 Å². The molecule has 7 heteroatoms. The summed E-state index contributed by atoms with van der Waals surface area (Å²) in [4.78, 5) is 16.3. The van der Waals surface area contributed by atoms with Gasteiger partial charge in [0.25, 0.3) is 5.91 Å². The van der Waals surface area contributed by atoms with Gasteiger partial charge < -0.3 is 9.80 Å². The zero-order chi connectivity index (χ0) is 19.6. The third kappa shape index (κ3) is 4.13. The number of sulfone groups is 1. The van der Waals surface area contributed by atoms with Gasteiger partial charge in [-0.15, -0.1) is 0 Å². The number of halogens is 1. The van der Waals surface area contributed by atoms with Crippen LogP contribution in [0.3, 0.4) is 0 Å². The van der Waals surface area contributed by atoms with Crippen molar-refractivity contribution in [2.24, 2.45) is 0 Å². The highest BCUT2D eigenvalue weighted by Gasteiger charge is 2.34. The minimum Gasteiger partial charge on any atom is -0.378 e. The van der Waals surface area contributed by atoms with Crippen LogP contribution in [0.2, 0.25) is 0 Å². The highest BCUT2D eigenvalue weighted by molar-refractivity contribution is 7.91. The van der Waals surface area contributed by atoms with Crippen molar-refractivity contribution in [1.29, 1.82) is 0 Å².